The number of hydrogen-bond acceptors (Lipinski definition) is 5. The van der Waals surface area contributed by atoms with Crippen molar-refractivity contribution in [2.45, 2.75) is 42.7 Å². The second-order valence-electron chi connectivity index (χ2n) is 7.50. The molecule has 1 aromatic rings. The average molecular weight is 465 g/mol. The molecule has 29 heavy (non-hydrogen) atoms. The zero-order chi connectivity index (χ0) is 21.2. The predicted octanol–water partition coefficient (Wildman–Crippen LogP) is 2.39. The van der Waals surface area contributed by atoms with Crippen molar-refractivity contribution in [3.8, 4) is 0 Å². The number of aliphatic hydroxyl groups excluding tert-OH is 1. The zero-order valence-electron chi connectivity index (χ0n) is 16.3. The molecule has 0 aliphatic carbocycles. The standard InChI is InChI=1S/C19H26Cl2N2O5S/c1-28-8-6-22-12-13(5-7-24)17-3-2-4-18(19(22)25)23(17)29(26,27)16-10-14(20)9-15(21)11-16/h9-11,13,17-18,24H,2-8,12H2,1H3. The highest BCUT2D eigenvalue weighted by Gasteiger charge is 2.49. The van der Waals surface area contributed by atoms with Crippen molar-refractivity contribution in [2.24, 2.45) is 5.92 Å². The Morgan fingerprint density at radius 1 is 1.21 bits per heavy atom. The number of sulfonamides is 1. The Bertz CT molecular complexity index is 831. The van der Waals surface area contributed by atoms with Gasteiger partial charge in [-0.15, -0.1) is 0 Å². The molecule has 0 radical (unpaired) electrons. The zero-order valence-corrected chi connectivity index (χ0v) is 18.6. The van der Waals surface area contributed by atoms with E-state index in [0.717, 1.165) is 6.42 Å². The van der Waals surface area contributed by atoms with Crippen LogP contribution in [0.15, 0.2) is 23.1 Å². The van der Waals surface area contributed by atoms with Gasteiger partial charge in [-0.1, -0.05) is 23.2 Å². The normalized spacial score (nSPS) is 25.9. The van der Waals surface area contributed by atoms with Gasteiger partial charge in [0.1, 0.15) is 6.04 Å². The molecule has 7 nitrogen and oxygen atoms in total. The Hall–Kier alpha value is -0.900. The van der Waals surface area contributed by atoms with E-state index in [0.29, 0.717) is 39.0 Å². The van der Waals surface area contributed by atoms with Crippen molar-refractivity contribution in [1.82, 2.24) is 9.21 Å². The van der Waals surface area contributed by atoms with Crippen molar-refractivity contribution < 1.29 is 23.1 Å². The largest absolute Gasteiger partial charge is 0.396 e. The van der Waals surface area contributed by atoms with Gasteiger partial charge in [0.05, 0.1) is 11.5 Å². The summed E-state index contributed by atoms with van der Waals surface area (Å²) in [5, 5.41) is 10.0. The monoisotopic (exact) mass is 464 g/mol. The van der Waals surface area contributed by atoms with Crippen LogP contribution in [0, 0.1) is 5.92 Å². The number of carbonyl (C=O) groups is 1. The van der Waals surface area contributed by atoms with Crippen LogP contribution in [0.5, 0.6) is 0 Å². The first kappa shape index (κ1) is 22.8. The molecule has 2 saturated heterocycles. The molecule has 2 aliphatic rings. The van der Waals surface area contributed by atoms with Gasteiger partial charge >= 0.3 is 0 Å². The van der Waals surface area contributed by atoms with E-state index >= 15 is 0 Å². The highest BCUT2D eigenvalue weighted by Crippen LogP contribution is 2.38. The summed E-state index contributed by atoms with van der Waals surface area (Å²) in [5.74, 6) is -0.389. The molecule has 2 heterocycles. The topological polar surface area (TPSA) is 87.2 Å². The molecule has 1 aromatic carbocycles. The number of aliphatic hydroxyl groups is 1. The Labute approximate surface area is 181 Å². The maximum atomic E-state index is 13.6. The van der Waals surface area contributed by atoms with E-state index in [9.17, 15) is 18.3 Å². The third-order valence-electron chi connectivity index (χ3n) is 5.68. The lowest BCUT2D eigenvalue weighted by atomic mass is 9.88. The molecule has 1 N–H and O–H groups in total. The molecule has 0 aromatic heterocycles. The summed E-state index contributed by atoms with van der Waals surface area (Å²) in [6, 6.07) is 3.03. The van der Waals surface area contributed by atoms with Gasteiger partial charge in [0.15, 0.2) is 0 Å². The second-order valence-corrected chi connectivity index (χ2v) is 10.2. The molecule has 2 fully saturated rings. The van der Waals surface area contributed by atoms with Crippen LogP contribution < -0.4 is 0 Å². The van der Waals surface area contributed by atoms with Crippen LogP contribution in [0.4, 0.5) is 0 Å². The summed E-state index contributed by atoms with van der Waals surface area (Å²) in [5.41, 5.74) is 0. The number of nitrogens with zero attached hydrogens (tertiary/aromatic N) is 2. The van der Waals surface area contributed by atoms with E-state index in [1.807, 2.05) is 0 Å². The molecule has 3 rings (SSSR count). The second kappa shape index (κ2) is 9.49. The van der Waals surface area contributed by atoms with Crippen LogP contribution >= 0.6 is 23.2 Å². The molecule has 1 amide bonds. The van der Waals surface area contributed by atoms with Crippen LogP contribution in [0.2, 0.25) is 10.0 Å². The molecular formula is C19H26Cl2N2O5S. The summed E-state index contributed by atoms with van der Waals surface area (Å²) in [6.07, 6.45) is 2.26. The smallest absolute Gasteiger partial charge is 0.244 e. The van der Waals surface area contributed by atoms with Gasteiger partial charge in [-0.3, -0.25) is 4.79 Å². The first-order valence-corrected chi connectivity index (χ1v) is 11.9. The lowest BCUT2D eigenvalue weighted by Gasteiger charge is -2.40. The number of piperidine rings is 1. The van der Waals surface area contributed by atoms with E-state index in [-0.39, 0.29) is 39.4 Å². The average Bonchev–Trinajstić information content (AvgIpc) is 2.74. The van der Waals surface area contributed by atoms with Crippen molar-refractivity contribution in [2.75, 3.05) is 33.4 Å². The van der Waals surface area contributed by atoms with Gasteiger partial charge in [0.25, 0.3) is 0 Å². The highest BCUT2D eigenvalue weighted by molar-refractivity contribution is 7.89. The van der Waals surface area contributed by atoms with Gasteiger partial charge in [-0.05, 0) is 49.8 Å². The van der Waals surface area contributed by atoms with Crippen molar-refractivity contribution in [3.05, 3.63) is 28.2 Å². The Kier molecular flexibility index (Phi) is 7.46. The highest BCUT2D eigenvalue weighted by atomic mass is 35.5. The third kappa shape index (κ3) is 4.73. The van der Waals surface area contributed by atoms with E-state index in [1.54, 1.807) is 12.0 Å². The van der Waals surface area contributed by atoms with Crippen LogP contribution in [0.1, 0.15) is 25.7 Å². The van der Waals surface area contributed by atoms with Crippen molar-refractivity contribution >= 4 is 39.1 Å². The van der Waals surface area contributed by atoms with Gasteiger partial charge in [0, 0.05) is 42.9 Å². The summed E-state index contributed by atoms with van der Waals surface area (Å²) >= 11 is 12.1. The maximum Gasteiger partial charge on any atom is 0.244 e. The van der Waals surface area contributed by atoms with Gasteiger partial charge in [-0.25, -0.2) is 8.42 Å². The summed E-state index contributed by atoms with van der Waals surface area (Å²) < 4.78 is 33.7. The SMILES string of the molecule is COCCN1CC(CCO)C2CCCC(C1=O)N2S(=O)(=O)c1cc(Cl)cc(Cl)c1. The number of methoxy groups -OCH3 is 1. The number of halogens is 2. The Balaban J connectivity index is 2.07. The summed E-state index contributed by atoms with van der Waals surface area (Å²) in [7, 11) is -2.45. The number of benzene rings is 1. The minimum Gasteiger partial charge on any atom is -0.396 e. The molecule has 2 aliphatic heterocycles. The number of carbonyl (C=O) groups excluding carboxylic acids is 1. The fourth-order valence-corrected chi connectivity index (χ4v) is 7.00. The molecule has 10 heteroatoms. The fourth-order valence-electron chi connectivity index (χ4n) is 4.38. The molecule has 3 atom stereocenters. The number of hydrogen-bond donors (Lipinski definition) is 1. The Morgan fingerprint density at radius 2 is 1.90 bits per heavy atom. The third-order valence-corrected chi connectivity index (χ3v) is 8.03. The van der Waals surface area contributed by atoms with Gasteiger partial charge < -0.3 is 14.7 Å². The fraction of sp³-hybridized carbons (Fsp3) is 0.632. The lowest BCUT2D eigenvalue weighted by Crippen LogP contribution is -2.55. The summed E-state index contributed by atoms with van der Waals surface area (Å²) in [6.45, 7) is 1.07. The van der Waals surface area contributed by atoms with Crippen LogP contribution in [-0.4, -0.2) is 74.1 Å². The molecule has 3 unspecified atom stereocenters. The van der Waals surface area contributed by atoms with E-state index in [2.05, 4.69) is 0 Å². The van der Waals surface area contributed by atoms with Crippen LogP contribution in [-0.2, 0) is 19.6 Å². The number of rotatable bonds is 7. The van der Waals surface area contributed by atoms with E-state index in [1.165, 1.54) is 22.5 Å². The van der Waals surface area contributed by atoms with E-state index < -0.39 is 16.1 Å². The lowest BCUT2D eigenvalue weighted by molar-refractivity contribution is -0.135. The number of ether oxygens (including phenoxy) is 1. The first-order valence-electron chi connectivity index (χ1n) is 9.67. The van der Waals surface area contributed by atoms with Gasteiger partial charge in [-0.2, -0.15) is 4.31 Å². The minimum atomic E-state index is -4.01. The van der Waals surface area contributed by atoms with Crippen LogP contribution in [0.3, 0.4) is 0 Å². The molecule has 162 valence electrons. The number of fused-ring (bicyclic) bond motifs is 2. The van der Waals surface area contributed by atoms with Crippen molar-refractivity contribution in [1.29, 1.82) is 0 Å². The van der Waals surface area contributed by atoms with Crippen molar-refractivity contribution in [3.63, 3.8) is 0 Å². The quantitative estimate of drug-likeness (QED) is 0.669. The van der Waals surface area contributed by atoms with Gasteiger partial charge in [0.2, 0.25) is 15.9 Å². The minimum absolute atomic E-state index is 0.0206. The molecule has 0 spiro atoms. The molecule has 0 saturated carbocycles. The van der Waals surface area contributed by atoms with Crippen LogP contribution in [0.25, 0.3) is 0 Å². The van der Waals surface area contributed by atoms with E-state index in [4.69, 9.17) is 27.9 Å². The number of amides is 1. The molecule has 2 bridgehead atoms. The Morgan fingerprint density at radius 3 is 2.52 bits per heavy atom. The summed E-state index contributed by atoms with van der Waals surface area (Å²) in [4.78, 5) is 14.9. The molecular weight excluding hydrogens is 439 g/mol. The first-order chi connectivity index (χ1) is 13.8. The maximum absolute atomic E-state index is 13.6. The predicted molar refractivity (Wildman–Crippen MR) is 111 cm³/mol.